The quantitative estimate of drug-likeness (QED) is 0.501. The lowest BCUT2D eigenvalue weighted by Crippen LogP contribution is -2.17. The van der Waals surface area contributed by atoms with Gasteiger partial charge < -0.3 is 10.1 Å². The fourth-order valence-corrected chi connectivity index (χ4v) is 1.78. The molecular weight excluding hydrogens is 338 g/mol. The van der Waals surface area contributed by atoms with Gasteiger partial charge in [0.05, 0.1) is 7.11 Å². The molecule has 6 heteroatoms. The van der Waals surface area contributed by atoms with E-state index in [0.717, 1.165) is 11.3 Å². The molecule has 1 aromatic carbocycles. The summed E-state index contributed by atoms with van der Waals surface area (Å²) < 4.78 is 5.65. The molecule has 86 valence electrons. The van der Waals surface area contributed by atoms with E-state index >= 15 is 0 Å². The molecule has 0 heterocycles. The number of benzene rings is 1. The lowest BCUT2D eigenvalue weighted by molar-refractivity contribution is 0.414. The Balaban J connectivity index is 2.51. The van der Waals surface area contributed by atoms with Gasteiger partial charge in [-0.15, -0.1) is 0 Å². The first-order chi connectivity index (χ1) is 7.61. The highest BCUT2D eigenvalue weighted by atomic mass is 79.9. The topological polar surface area (TPSA) is 57.5 Å². The maximum atomic E-state index is 7.10. The molecule has 0 saturated heterocycles. The fourth-order valence-electron chi connectivity index (χ4n) is 1.04. The largest absolute Gasteiger partial charge is 0.497 e. The molecule has 0 aliphatic heterocycles. The molecule has 0 atom stereocenters. The van der Waals surface area contributed by atoms with Crippen LogP contribution in [0.2, 0.25) is 0 Å². The molecule has 0 saturated carbocycles. The Bertz CT molecular complexity index is 390. The minimum absolute atomic E-state index is 0.0709. The SMILES string of the molecule is COc1ccc(CN/C(Br)=N\C(=N)Br)cc1. The first-order valence-electron chi connectivity index (χ1n) is 4.47. The highest BCUT2D eigenvalue weighted by Crippen LogP contribution is 2.11. The first kappa shape index (κ1) is 13.2. The zero-order chi connectivity index (χ0) is 12.0. The average Bonchev–Trinajstić information content (AvgIpc) is 2.26. The number of methoxy groups -OCH3 is 1. The van der Waals surface area contributed by atoms with Crippen LogP contribution in [-0.4, -0.2) is 16.6 Å². The van der Waals surface area contributed by atoms with E-state index in [-0.39, 0.29) is 4.74 Å². The molecule has 0 bridgehead atoms. The Labute approximate surface area is 111 Å². The monoisotopic (exact) mass is 347 g/mol. The van der Waals surface area contributed by atoms with E-state index in [4.69, 9.17) is 10.1 Å². The summed E-state index contributed by atoms with van der Waals surface area (Å²) in [5, 5.41) is 10.1. The third-order valence-corrected chi connectivity index (χ3v) is 2.43. The Morgan fingerprint density at radius 1 is 1.38 bits per heavy atom. The zero-order valence-corrected chi connectivity index (χ0v) is 11.8. The van der Waals surface area contributed by atoms with Crippen LogP contribution in [0.4, 0.5) is 0 Å². The molecule has 0 fully saturated rings. The van der Waals surface area contributed by atoms with Crippen LogP contribution in [0.3, 0.4) is 0 Å². The molecule has 2 N–H and O–H groups in total. The minimum atomic E-state index is 0.0709. The Morgan fingerprint density at radius 2 is 2.00 bits per heavy atom. The Kier molecular flexibility index (Phi) is 5.48. The van der Waals surface area contributed by atoms with E-state index in [2.05, 4.69) is 42.2 Å². The fraction of sp³-hybridized carbons (Fsp3) is 0.200. The summed E-state index contributed by atoms with van der Waals surface area (Å²) in [6.07, 6.45) is 0. The van der Waals surface area contributed by atoms with E-state index in [9.17, 15) is 0 Å². The number of hydrogen-bond acceptors (Lipinski definition) is 2. The van der Waals surface area contributed by atoms with Crippen LogP contribution in [0.15, 0.2) is 29.3 Å². The van der Waals surface area contributed by atoms with Gasteiger partial charge >= 0.3 is 0 Å². The number of amidine groups is 2. The van der Waals surface area contributed by atoms with Gasteiger partial charge in [-0.1, -0.05) is 12.1 Å². The second-order valence-corrected chi connectivity index (χ2v) is 4.40. The molecule has 1 rings (SSSR count). The molecule has 4 nitrogen and oxygen atoms in total. The van der Waals surface area contributed by atoms with E-state index < -0.39 is 0 Å². The lowest BCUT2D eigenvalue weighted by atomic mass is 10.2. The predicted molar refractivity (Wildman–Crippen MR) is 72.8 cm³/mol. The van der Waals surface area contributed by atoms with Crippen molar-refractivity contribution in [3.8, 4) is 5.75 Å². The summed E-state index contributed by atoms with van der Waals surface area (Å²) in [5.41, 5.74) is 1.11. The van der Waals surface area contributed by atoms with Crippen LogP contribution in [-0.2, 0) is 6.54 Å². The van der Waals surface area contributed by atoms with Crippen LogP contribution in [0.1, 0.15) is 5.56 Å². The van der Waals surface area contributed by atoms with Crippen molar-refractivity contribution in [2.24, 2.45) is 4.99 Å². The van der Waals surface area contributed by atoms with Gasteiger partial charge in [-0.2, -0.15) is 4.99 Å². The Hall–Kier alpha value is -0.880. The van der Waals surface area contributed by atoms with Gasteiger partial charge in [-0.05, 0) is 49.6 Å². The average molecular weight is 349 g/mol. The number of ether oxygens (including phenoxy) is 1. The van der Waals surface area contributed by atoms with Crippen molar-refractivity contribution in [3.05, 3.63) is 29.8 Å². The molecular formula is C10H11Br2N3O. The number of halogens is 2. The van der Waals surface area contributed by atoms with Crippen molar-refractivity contribution >= 4 is 41.3 Å². The van der Waals surface area contributed by atoms with Crippen LogP contribution < -0.4 is 10.1 Å². The van der Waals surface area contributed by atoms with Crippen molar-refractivity contribution in [1.29, 1.82) is 5.41 Å². The van der Waals surface area contributed by atoms with Gasteiger partial charge in [0.2, 0.25) is 0 Å². The Morgan fingerprint density at radius 3 is 2.50 bits per heavy atom. The molecule has 0 aliphatic carbocycles. The van der Waals surface area contributed by atoms with Gasteiger partial charge in [-0.3, -0.25) is 5.41 Å². The van der Waals surface area contributed by atoms with E-state index in [0.29, 0.717) is 11.3 Å². The minimum Gasteiger partial charge on any atom is -0.497 e. The smallest absolute Gasteiger partial charge is 0.191 e. The molecule has 0 aliphatic rings. The summed E-state index contributed by atoms with van der Waals surface area (Å²) in [6.45, 7) is 0.633. The van der Waals surface area contributed by atoms with Gasteiger partial charge in [0, 0.05) is 6.54 Å². The highest BCUT2D eigenvalue weighted by molar-refractivity contribution is 9.19. The number of nitrogens with zero attached hydrogens (tertiary/aromatic N) is 1. The molecule has 0 radical (unpaired) electrons. The van der Waals surface area contributed by atoms with Gasteiger partial charge in [0.25, 0.3) is 0 Å². The number of aliphatic imine (C=N–C) groups is 1. The van der Waals surface area contributed by atoms with Gasteiger partial charge in [0.1, 0.15) is 5.75 Å². The first-order valence-corrected chi connectivity index (χ1v) is 6.05. The van der Waals surface area contributed by atoms with Crippen molar-refractivity contribution in [2.45, 2.75) is 6.54 Å². The summed E-state index contributed by atoms with van der Waals surface area (Å²) >= 11 is 6.14. The molecule has 0 unspecified atom stereocenters. The normalized spacial score (nSPS) is 11.1. The van der Waals surface area contributed by atoms with Crippen LogP contribution in [0.5, 0.6) is 5.75 Å². The zero-order valence-electron chi connectivity index (χ0n) is 8.63. The molecule has 0 aromatic heterocycles. The number of nitrogens with one attached hydrogen (secondary N) is 2. The third kappa shape index (κ3) is 4.76. The number of hydrogen-bond donors (Lipinski definition) is 2. The van der Waals surface area contributed by atoms with Crippen molar-refractivity contribution in [3.63, 3.8) is 0 Å². The second-order valence-electron chi connectivity index (χ2n) is 2.90. The van der Waals surface area contributed by atoms with Crippen LogP contribution >= 0.6 is 31.9 Å². The summed E-state index contributed by atoms with van der Waals surface area (Å²) in [7, 11) is 1.64. The third-order valence-electron chi connectivity index (χ3n) is 1.79. The summed E-state index contributed by atoms with van der Waals surface area (Å²) in [5.74, 6) is 0.832. The standard InChI is InChI=1S/C10H11Br2N3O/c1-16-8-4-2-7(3-5-8)6-14-10(12)15-9(11)13/h2-5H,6H2,1H3,(H2,13,14,15). The van der Waals surface area contributed by atoms with Crippen molar-refractivity contribution < 1.29 is 4.74 Å². The van der Waals surface area contributed by atoms with Crippen molar-refractivity contribution in [1.82, 2.24) is 5.32 Å². The van der Waals surface area contributed by atoms with E-state index in [1.165, 1.54) is 0 Å². The molecule has 1 aromatic rings. The highest BCUT2D eigenvalue weighted by Gasteiger charge is 1.96. The van der Waals surface area contributed by atoms with E-state index in [1.807, 2.05) is 24.3 Å². The summed E-state index contributed by atoms with van der Waals surface area (Å²) in [6, 6.07) is 7.72. The summed E-state index contributed by atoms with van der Waals surface area (Å²) in [4.78, 5) is 3.82. The van der Waals surface area contributed by atoms with Crippen LogP contribution in [0.25, 0.3) is 0 Å². The van der Waals surface area contributed by atoms with Crippen molar-refractivity contribution in [2.75, 3.05) is 7.11 Å². The molecule has 0 amide bonds. The lowest BCUT2D eigenvalue weighted by Gasteiger charge is -2.05. The number of rotatable bonds is 3. The molecule has 0 spiro atoms. The van der Waals surface area contributed by atoms with Gasteiger partial charge in [-0.25, -0.2) is 0 Å². The maximum Gasteiger partial charge on any atom is 0.191 e. The van der Waals surface area contributed by atoms with E-state index in [1.54, 1.807) is 7.11 Å². The van der Waals surface area contributed by atoms with Crippen LogP contribution in [0, 0.1) is 5.41 Å². The second kappa shape index (κ2) is 6.65. The predicted octanol–water partition coefficient (Wildman–Crippen LogP) is 2.87. The van der Waals surface area contributed by atoms with Gasteiger partial charge in [0.15, 0.2) is 9.49 Å². The maximum absolute atomic E-state index is 7.10. The molecule has 16 heavy (non-hydrogen) atoms.